The molecule has 20 heavy (non-hydrogen) atoms. The van der Waals surface area contributed by atoms with E-state index in [-0.39, 0.29) is 19.1 Å². The van der Waals surface area contributed by atoms with Crippen molar-refractivity contribution >= 4 is 16.8 Å². The SMILES string of the molecule is COCC(O)CN(C)C(=O)c1cc2ccc(C)cc2[nH]1. The normalized spacial score (nSPS) is 12.6. The Bertz CT molecular complexity index is 606. The first kappa shape index (κ1) is 14.6. The topological polar surface area (TPSA) is 65.6 Å². The Morgan fingerprint density at radius 3 is 2.90 bits per heavy atom. The Morgan fingerprint density at radius 2 is 2.20 bits per heavy atom. The van der Waals surface area contributed by atoms with Crippen LogP contribution in [0.1, 0.15) is 16.1 Å². The van der Waals surface area contributed by atoms with Crippen molar-refractivity contribution in [3.8, 4) is 0 Å². The number of amides is 1. The number of methoxy groups -OCH3 is 1. The number of ether oxygens (including phenoxy) is 1. The summed E-state index contributed by atoms with van der Waals surface area (Å²) in [6.45, 7) is 2.46. The van der Waals surface area contributed by atoms with Crippen LogP contribution in [-0.2, 0) is 4.74 Å². The minimum atomic E-state index is -0.680. The van der Waals surface area contributed by atoms with Crippen LogP contribution in [0.15, 0.2) is 24.3 Å². The third-order valence-electron chi connectivity index (χ3n) is 3.20. The maximum atomic E-state index is 12.3. The van der Waals surface area contributed by atoms with Gasteiger partial charge in [0.2, 0.25) is 0 Å². The molecular formula is C15H20N2O3. The number of fused-ring (bicyclic) bond motifs is 1. The number of rotatable bonds is 5. The first-order valence-corrected chi connectivity index (χ1v) is 6.53. The summed E-state index contributed by atoms with van der Waals surface area (Å²) in [5.41, 5.74) is 2.61. The van der Waals surface area contributed by atoms with Crippen molar-refractivity contribution in [1.82, 2.24) is 9.88 Å². The summed E-state index contributed by atoms with van der Waals surface area (Å²) < 4.78 is 4.86. The van der Waals surface area contributed by atoms with Gasteiger partial charge in [0, 0.05) is 31.6 Å². The quantitative estimate of drug-likeness (QED) is 0.871. The Kier molecular flexibility index (Phi) is 4.42. The summed E-state index contributed by atoms with van der Waals surface area (Å²) in [5.74, 6) is -0.144. The Balaban J connectivity index is 2.14. The molecule has 0 saturated carbocycles. The zero-order valence-corrected chi connectivity index (χ0v) is 12.0. The number of aromatic amines is 1. The highest BCUT2D eigenvalue weighted by molar-refractivity contribution is 5.98. The molecule has 1 aromatic carbocycles. The lowest BCUT2D eigenvalue weighted by Gasteiger charge is -2.19. The predicted octanol–water partition coefficient (Wildman–Crippen LogP) is 1.56. The van der Waals surface area contributed by atoms with Gasteiger partial charge >= 0.3 is 0 Å². The van der Waals surface area contributed by atoms with Crippen molar-refractivity contribution in [2.24, 2.45) is 0 Å². The van der Waals surface area contributed by atoms with Gasteiger partial charge in [-0.05, 0) is 24.6 Å². The third-order valence-corrected chi connectivity index (χ3v) is 3.20. The molecule has 0 saturated heterocycles. The maximum absolute atomic E-state index is 12.3. The molecule has 5 nitrogen and oxygen atoms in total. The Hall–Kier alpha value is -1.85. The summed E-state index contributed by atoms with van der Waals surface area (Å²) in [6.07, 6.45) is -0.680. The van der Waals surface area contributed by atoms with Crippen molar-refractivity contribution in [3.05, 3.63) is 35.5 Å². The summed E-state index contributed by atoms with van der Waals surface area (Å²) in [5, 5.41) is 10.7. The highest BCUT2D eigenvalue weighted by Gasteiger charge is 2.17. The lowest BCUT2D eigenvalue weighted by Crippen LogP contribution is -2.36. The maximum Gasteiger partial charge on any atom is 0.270 e. The van der Waals surface area contributed by atoms with E-state index in [0.717, 1.165) is 16.5 Å². The van der Waals surface area contributed by atoms with E-state index in [1.807, 2.05) is 31.2 Å². The van der Waals surface area contributed by atoms with Crippen molar-refractivity contribution in [2.75, 3.05) is 27.3 Å². The largest absolute Gasteiger partial charge is 0.389 e. The van der Waals surface area contributed by atoms with Crippen LogP contribution in [0.4, 0.5) is 0 Å². The fraction of sp³-hybridized carbons (Fsp3) is 0.400. The van der Waals surface area contributed by atoms with Gasteiger partial charge in [-0.3, -0.25) is 4.79 Å². The van der Waals surface area contributed by atoms with Crippen molar-refractivity contribution in [1.29, 1.82) is 0 Å². The van der Waals surface area contributed by atoms with Gasteiger partial charge in [-0.1, -0.05) is 12.1 Å². The van der Waals surface area contributed by atoms with Gasteiger partial charge in [-0.25, -0.2) is 0 Å². The number of aliphatic hydroxyl groups is 1. The van der Waals surface area contributed by atoms with E-state index in [1.54, 1.807) is 7.05 Å². The number of aryl methyl sites for hydroxylation is 1. The van der Waals surface area contributed by atoms with Crippen LogP contribution in [0.25, 0.3) is 10.9 Å². The number of hydrogen-bond donors (Lipinski definition) is 2. The number of carbonyl (C=O) groups excluding carboxylic acids is 1. The lowest BCUT2D eigenvalue weighted by molar-refractivity contribution is 0.0378. The van der Waals surface area contributed by atoms with E-state index in [4.69, 9.17) is 4.74 Å². The molecule has 0 bridgehead atoms. The number of nitrogens with zero attached hydrogens (tertiary/aromatic N) is 1. The molecule has 1 atom stereocenters. The minimum Gasteiger partial charge on any atom is -0.389 e. The van der Waals surface area contributed by atoms with Gasteiger partial charge in [0.15, 0.2) is 0 Å². The lowest BCUT2D eigenvalue weighted by atomic mass is 10.2. The van der Waals surface area contributed by atoms with Gasteiger partial charge in [-0.2, -0.15) is 0 Å². The van der Waals surface area contributed by atoms with Gasteiger partial charge < -0.3 is 19.7 Å². The zero-order valence-electron chi connectivity index (χ0n) is 12.0. The Morgan fingerprint density at radius 1 is 1.45 bits per heavy atom. The van der Waals surface area contributed by atoms with Crippen LogP contribution >= 0.6 is 0 Å². The second kappa shape index (κ2) is 6.07. The van der Waals surface area contributed by atoms with E-state index in [2.05, 4.69) is 4.98 Å². The first-order valence-electron chi connectivity index (χ1n) is 6.53. The molecule has 0 aliphatic heterocycles. The summed E-state index contributed by atoms with van der Waals surface area (Å²) in [4.78, 5) is 16.9. The molecule has 2 N–H and O–H groups in total. The second-order valence-corrected chi connectivity index (χ2v) is 5.07. The minimum absolute atomic E-state index is 0.144. The summed E-state index contributed by atoms with van der Waals surface area (Å²) in [6, 6.07) is 7.83. The molecule has 108 valence electrons. The molecule has 1 heterocycles. The van der Waals surface area contributed by atoms with Crippen LogP contribution in [0.2, 0.25) is 0 Å². The molecule has 1 amide bonds. The van der Waals surface area contributed by atoms with Crippen LogP contribution in [0, 0.1) is 6.92 Å². The number of aliphatic hydroxyl groups excluding tert-OH is 1. The van der Waals surface area contributed by atoms with Crippen LogP contribution in [0.3, 0.4) is 0 Å². The van der Waals surface area contributed by atoms with Gasteiger partial charge in [0.1, 0.15) is 5.69 Å². The number of benzene rings is 1. The first-order chi connectivity index (χ1) is 9.51. The van der Waals surface area contributed by atoms with Gasteiger partial charge in [0.25, 0.3) is 5.91 Å². The highest BCUT2D eigenvalue weighted by Crippen LogP contribution is 2.17. The molecule has 1 aromatic heterocycles. The van der Waals surface area contributed by atoms with Gasteiger partial charge in [-0.15, -0.1) is 0 Å². The molecule has 0 aliphatic rings. The molecule has 0 aliphatic carbocycles. The van der Waals surface area contributed by atoms with Gasteiger partial charge in [0.05, 0.1) is 12.7 Å². The smallest absolute Gasteiger partial charge is 0.270 e. The molecule has 0 spiro atoms. The van der Waals surface area contributed by atoms with Crippen molar-refractivity contribution in [3.63, 3.8) is 0 Å². The van der Waals surface area contributed by atoms with E-state index in [1.165, 1.54) is 12.0 Å². The zero-order chi connectivity index (χ0) is 14.7. The molecule has 5 heteroatoms. The number of H-pyrrole nitrogens is 1. The molecule has 0 fully saturated rings. The standard InChI is InChI=1S/C15H20N2O3/c1-10-4-5-11-7-14(16-13(11)6-10)15(19)17(2)8-12(18)9-20-3/h4-7,12,16,18H,8-9H2,1-3H3. The average Bonchev–Trinajstić information content (AvgIpc) is 2.80. The molecule has 1 unspecified atom stereocenters. The van der Waals surface area contributed by atoms with Crippen LogP contribution in [0.5, 0.6) is 0 Å². The summed E-state index contributed by atoms with van der Waals surface area (Å²) in [7, 11) is 3.18. The molecule has 2 aromatic rings. The fourth-order valence-corrected chi connectivity index (χ4v) is 2.21. The van der Waals surface area contributed by atoms with E-state index in [0.29, 0.717) is 5.69 Å². The number of carbonyl (C=O) groups is 1. The monoisotopic (exact) mass is 276 g/mol. The number of nitrogens with one attached hydrogen (secondary N) is 1. The number of likely N-dealkylation sites (N-methyl/N-ethyl adjacent to an activating group) is 1. The van der Waals surface area contributed by atoms with Crippen molar-refractivity contribution < 1.29 is 14.6 Å². The average molecular weight is 276 g/mol. The molecule has 2 rings (SSSR count). The van der Waals surface area contributed by atoms with E-state index in [9.17, 15) is 9.90 Å². The van der Waals surface area contributed by atoms with E-state index >= 15 is 0 Å². The fourth-order valence-electron chi connectivity index (χ4n) is 2.21. The molecular weight excluding hydrogens is 256 g/mol. The Labute approximate surface area is 118 Å². The third kappa shape index (κ3) is 3.18. The van der Waals surface area contributed by atoms with Crippen LogP contribution in [-0.4, -0.2) is 54.3 Å². The second-order valence-electron chi connectivity index (χ2n) is 5.07. The van der Waals surface area contributed by atoms with E-state index < -0.39 is 6.10 Å². The predicted molar refractivity (Wildman–Crippen MR) is 77.9 cm³/mol. The molecule has 0 radical (unpaired) electrons. The number of aromatic nitrogens is 1. The number of hydrogen-bond acceptors (Lipinski definition) is 3. The van der Waals surface area contributed by atoms with Crippen LogP contribution < -0.4 is 0 Å². The highest BCUT2D eigenvalue weighted by atomic mass is 16.5. The van der Waals surface area contributed by atoms with Crippen molar-refractivity contribution in [2.45, 2.75) is 13.0 Å². The summed E-state index contributed by atoms with van der Waals surface area (Å²) >= 11 is 0.